The summed E-state index contributed by atoms with van der Waals surface area (Å²) in [6.45, 7) is 0.0374. The quantitative estimate of drug-likeness (QED) is 0.146. The van der Waals surface area contributed by atoms with Crippen molar-refractivity contribution >= 4 is 17.3 Å². The molecule has 1 heterocycles. The Morgan fingerprint density at radius 1 is 0.805 bits per heavy atom. The van der Waals surface area contributed by atoms with Gasteiger partial charge in [0.2, 0.25) is 11.6 Å². The van der Waals surface area contributed by atoms with Gasteiger partial charge in [-0.3, -0.25) is 14.9 Å². The molecule has 0 bridgehead atoms. The zero-order chi connectivity index (χ0) is 28.6. The molecule has 0 radical (unpaired) electrons. The highest BCUT2D eigenvalue weighted by molar-refractivity contribution is 6.07. The molecule has 0 fully saturated rings. The number of carbonyl (C=O) groups excluding carboxylic acids is 1. The molecule has 1 aromatic heterocycles. The Morgan fingerprint density at radius 3 is 2.05 bits per heavy atom. The third-order valence-electron chi connectivity index (χ3n) is 5.67. The molecule has 4 aromatic carbocycles. The minimum atomic E-state index is -0.887. The number of carbonyl (C=O) groups is 1. The summed E-state index contributed by atoms with van der Waals surface area (Å²) in [7, 11) is 0. The predicted octanol–water partition coefficient (Wildman–Crippen LogP) is 6.94. The van der Waals surface area contributed by atoms with Crippen LogP contribution in [-0.2, 0) is 6.61 Å². The Kier molecular flexibility index (Phi) is 8.06. The first-order valence-electron chi connectivity index (χ1n) is 12.2. The van der Waals surface area contributed by atoms with Gasteiger partial charge in [-0.25, -0.2) is 0 Å². The molecule has 1 amide bonds. The summed E-state index contributed by atoms with van der Waals surface area (Å²) in [5.74, 6) is -1.67. The number of halogens is 1. The van der Waals surface area contributed by atoms with E-state index in [0.717, 1.165) is 11.9 Å². The molecule has 0 atom stereocenters. The molecule has 1 N–H and O–H groups in total. The molecule has 41 heavy (non-hydrogen) atoms. The number of hydrogen-bond donors (Lipinski definition) is 1. The Balaban J connectivity index is 1.29. The van der Waals surface area contributed by atoms with Crippen LogP contribution in [0.15, 0.2) is 109 Å². The Labute approximate surface area is 233 Å². The Hall–Kier alpha value is -5.84. The molecule has 0 saturated carbocycles. The molecule has 0 saturated heterocycles. The average Bonchev–Trinajstić information content (AvgIpc) is 3.00. The number of nitro groups is 1. The maximum Gasteiger partial charge on any atom is 0.311 e. The number of anilines is 1. The van der Waals surface area contributed by atoms with Gasteiger partial charge in [0.25, 0.3) is 17.7 Å². The summed E-state index contributed by atoms with van der Waals surface area (Å²) in [5, 5.41) is 14.3. The monoisotopic (exact) mass is 552 g/mol. The van der Waals surface area contributed by atoms with Crippen molar-refractivity contribution in [3.63, 3.8) is 0 Å². The summed E-state index contributed by atoms with van der Waals surface area (Å²) in [6, 6.07) is 27.8. The largest absolute Gasteiger partial charge is 0.481 e. The Bertz CT molecular complexity index is 1670. The molecule has 5 rings (SSSR count). The van der Waals surface area contributed by atoms with E-state index in [2.05, 4.69) is 15.3 Å². The molecular weight excluding hydrogens is 531 g/mol. The molecule has 0 aliphatic heterocycles. The van der Waals surface area contributed by atoms with Gasteiger partial charge in [0.1, 0.15) is 24.4 Å². The maximum absolute atomic E-state index is 14.9. The van der Waals surface area contributed by atoms with Crippen molar-refractivity contribution in [1.82, 2.24) is 9.97 Å². The summed E-state index contributed by atoms with van der Waals surface area (Å²) < 4.78 is 31.6. The fourth-order valence-electron chi connectivity index (χ4n) is 3.73. The molecule has 0 aliphatic rings. The van der Waals surface area contributed by atoms with E-state index in [9.17, 15) is 19.3 Å². The van der Waals surface area contributed by atoms with Crippen molar-refractivity contribution < 1.29 is 28.3 Å². The lowest BCUT2D eigenvalue weighted by Gasteiger charge is -2.13. The summed E-state index contributed by atoms with van der Waals surface area (Å²) in [5.41, 5.74) is 0.801. The topological polar surface area (TPSA) is 126 Å². The molecule has 11 heteroatoms. The first kappa shape index (κ1) is 26.8. The number of rotatable bonds is 10. The van der Waals surface area contributed by atoms with Crippen molar-refractivity contribution in [2.75, 3.05) is 5.32 Å². The van der Waals surface area contributed by atoms with Gasteiger partial charge in [-0.15, -0.1) is 0 Å². The van der Waals surface area contributed by atoms with E-state index in [4.69, 9.17) is 14.2 Å². The van der Waals surface area contributed by atoms with Crippen molar-refractivity contribution in [3.05, 3.63) is 137 Å². The van der Waals surface area contributed by atoms with Crippen molar-refractivity contribution in [2.24, 2.45) is 0 Å². The van der Waals surface area contributed by atoms with Gasteiger partial charge in [-0.05, 0) is 48.0 Å². The number of para-hydroxylation sites is 2. The number of nitrogens with zero attached hydrogens (tertiary/aromatic N) is 3. The van der Waals surface area contributed by atoms with E-state index >= 15 is 0 Å². The van der Waals surface area contributed by atoms with E-state index in [0.29, 0.717) is 11.4 Å². The number of ether oxygens (including phenoxy) is 3. The second-order valence-electron chi connectivity index (χ2n) is 8.48. The number of amides is 1. The maximum atomic E-state index is 14.9. The van der Waals surface area contributed by atoms with E-state index in [1.54, 1.807) is 30.3 Å². The van der Waals surface area contributed by atoms with Crippen LogP contribution in [-0.4, -0.2) is 20.8 Å². The summed E-state index contributed by atoms with van der Waals surface area (Å²) in [4.78, 5) is 31.8. The first-order valence-corrected chi connectivity index (χ1v) is 12.2. The van der Waals surface area contributed by atoms with Crippen LogP contribution in [0.25, 0.3) is 0 Å². The van der Waals surface area contributed by atoms with Gasteiger partial charge in [0, 0.05) is 11.8 Å². The van der Waals surface area contributed by atoms with E-state index in [-0.39, 0.29) is 41.1 Å². The van der Waals surface area contributed by atoms with Crippen LogP contribution < -0.4 is 19.5 Å². The SMILES string of the molecule is O=C(Nc1ccc(Oc2ncnc(Oc3ccccc3)c2F)cc1)c1cccc([N+](=O)[O-])c1OCc1ccccc1. The zero-order valence-electron chi connectivity index (χ0n) is 21.3. The Morgan fingerprint density at radius 2 is 1.41 bits per heavy atom. The number of benzene rings is 4. The highest BCUT2D eigenvalue weighted by Gasteiger charge is 2.24. The number of aromatic nitrogens is 2. The van der Waals surface area contributed by atoms with Crippen LogP contribution in [0.2, 0.25) is 0 Å². The average molecular weight is 553 g/mol. The lowest BCUT2D eigenvalue weighted by Crippen LogP contribution is -2.14. The molecule has 5 aromatic rings. The van der Waals surface area contributed by atoms with Crippen molar-refractivity contribution in [1.29, 1.82) is 0 Å². The van der Waals surface area contributed by atoms with Crippen molar-refractivity contribution in [2.45, 2.75) is 6.61 Å². The highest BCUT2D eigenvalue weighted by Crippen LogP contribution is 2.33. The number of nitro benzene ring substituents is 1. The number of nitrogens with one attached hydrogen (secondary N) is 1. The van der Waals surface area contributed by atoms with E-state index < -0.39 is 16.6 Å². The smallest absolute Gasteiger partial charge is 0.311 e. The molecular formula is C30H21FN4O6. The fourth-order valence-corrected chi connectivity index (χ4v) is 3.73. The molecule has 0 spiro atoms. The second kappa shape index (κ2) is 12.3. The van der Waals surface area contributed by atoms with Crippen LogP contribution >= 0.6 is 0 Å². The standard InChI is InChI=1S/C30H21FN4O6/c31-26-29(40-22-10-5-2-6-11-22)32-19-33-30(26)41-23-16-14-21(15-17-23)34-28(36)24-12-7-13-25(35(37)38)27(24)39-18-20-8-3-1-4-9-20/h1-17,19H,18H2,(H,34,36). The molecule has 0 aliphatic carbocycles. The van der Waals surface area contributed by atoms with Gasteiger partial charge >= 0.3 is 5.69 Å². The zero-order valence-corrected chi connectivity index (χ0v) is 21.3. The third kappa shape index (κ3) is 6.60. The van der Waals surface area contributed by atoms with Gasteiger partial charge in [-0.2, -0.15) is 14.4 Å². The first-order chi connectivity index (χ1) is 20.0. The normalized spacial score (nSPS) is 10.5. The molecule has 0 unspecified atom stereocenters. The van der Waals surface area contributed by atoms with Gasteiger partial charge in [0.15, 0.2) is 0 Å². The molecule has 204 valence electrons. The second-order valence-corrected chi connectivity index (χ2v) is 8.48. The van der Waals surface area contributed by atoms with Crippen LogP contribution in [0.1, 0.15) is 15.9 Å². The minimum absolute atomic E-state index is 0.00976. The predicted molar refractivity (Wildman–Crippen MR) is 147 cm³/mol. The van der Waals surface area contributed by atoms with Gasteiger partial charge in [0.05, 0.1) is 10.5 Å². The van der Waals surface area contributed by atoms with Crippen LogP contribution in [0.3, 0.4) is 0 Å². The lowest BCUT2D eigenvalue weighted by atomic mass is 10.1. The van der Waals surface area contributed by atoms with Gasteiger partial charge in [-0.1, -0.05) is 54.6 Å². The highest BCUT2D eigenvalue weighted by atomic mass is 19.1. The van der Waals surface area contributed by atoms with Crippen LogP contribution in [0.5, 0.6) is 29.0 Å². The van der Waals surface area contributed by atoms with Gasteiger partial charge < -0.3 is 19.5 Å². The third-order valence-corrected chi connectivity index (χ3v) is 5.67. The summed E-state index contributed by atoms with van der Waals surface area (Å²) >= 11 is 0. The molecule has 10 nitrogen and oxygen atoms in total. The lowest BCUT2D eigenvalue weighted by molar-refractivity contribution is -0.386. The van der Waals surface area contributed by atoms with Crippen LogP contribution in [0, 0.1) is 15.9 Å². The van der Waals surface area contributed by atoms with E-state index in [1.165, 1.54) is 42.5 Å². The van der Waals surface area contributed by atoms with Crippen LogP contribution in [0.4, 0.5) is 15.8 Å². The van der Waals surface area contributed by atoms with Crippen molar-refractivity contribution in [3.8, 4) is 29.0 Å². The number of hydrogen-bond acceptors (Lipinski definition) is 8. The fraction of sp³-hybridized carbons (Fsp3) is 0.0333. The summed E-state index contributed by atoms with van der Waals surface area (Å²) in [6.07, 6.45) is 1.11. The van der Waals surface area contributed by atoms with E-state index in [1.807, 2.05) is 30.3 Å². The minimum Gasteiger partial charge on any atom is -0.481 e.